The smallest absolute Gasteiger partial charge is 0.316 e. The molecule has 138 valence electrons. The van der Waals surface area contributed by atoms with Gasteiger partial charge in [0.05, 0.1) is 12.9 Å². The van der Waals surface area contributed by atoms with Crippen molar-refractivity contribution in [2.45, 2.75) is 25.7 Å². The van der Waals surface area contributed by atoms with E-state index < -0.39 is 12.1 Å². The molecule has 1 N–H and O–H groups in total. The van der Waals surface area contributed by atoms with Crippen molar-refractivity contribution in [2.24, 2.45) is 0 Å². The van der Waals surface area contributed by atoms with E-state index in [0.717, 1.165) is 11.3 Å². The van der Waals surface area contributed by atoms with E-state index in [0.29, 0.717) is 11.4 Å². The average Bonchev–Trinajstić information content (AvgIpc) is 2.64. The van der Waals surface area contributed by atoms with Gasteiger partial charge in [0.2, 0.25) is 0 Å². The van der Waals surface area contributed by atoms with E-state index in [1.165, 1.54) is 17.3 Å². The van der Waals surface area contributed by atoms with Crippen LogP contribution in [0, 0.1) is 6.92 Å². The number of aryl methyl sites for hydroxylation is 1. The first-order valence-corrected chi connectivity index (χ1v) is 9.41. The van der Waals surface area contributed by atoms with Gasteiger partial charge in [-0.1, -0.05) is 29.8 Å². The lowest BCUT2D eigenvalue weighted by Gasteiger charge is -2.13. The molecule has 2 aromatic carbocycles. The van der Waals surface area contributed by atoms with Gasteiger partial charge >= 0.3 is 5.97 Å². The summed E-state index contributed by atoms with van der Waals surface area (Å²) < 4.78 is 10.3. The van der Waals surface area contributed by atoms with Gasteiger partial charge < -0.3 is 14.8 Å². The van der Waals surface area contributed by atoms with Gasteiger partial charge in [-0.25, -0.2) is 0 Å². The quantitative estimate of drug-likeness (QED) is 0.713. The molecule has 0 saturated heterocycles. The number of rotatable bonds is 8. The van der Waals surface area contributed by atoms with Gasteiger partial charge in [0, 0.05) is 11.4 Å². The molecular weight excluding hydrogens is 350 g/mol. The van der Waals surface area contributed by atoms with Crippen LogP contribution >= 0.6 is 11.8 Å². The first kappa shape index (κ1) is 19.8. The molecule has 6 heteroatoms. The fourth-order valence-electron chi connectivity index (χ4n) is 2.14. The average molecular weight is 373 g/mol. The number of amides is 1. The maximum absolute atomic E-state index is 12.1. The number of nitrogens with one attached hydrogen (secondary N) is 1. The summed E-state index contributed by atoms with van der Waals surface area (Å²) in [4.78, 5) is 24.0. The third-order valence-corrected chi connectivity index (χ3v) is 4.62. The third kappa shape index (κ3) is 6.44. The van der Waals surface area contributed by atoms with Crippen LogP contribution in [0.1, 0.15) is 18.1 Å². The Morgan fingerprint density at radius 1 is 1.08 bits per heavy atom. The number of carbonyl (C=O) groups excluding carboxylic acids is 2. The van der Waals surface area contributed by atoms with E-state index in [-0.39, 0.29) is 11.7 Å². The zero-order valence-electron chi connectivity index (χ0n) is 15.2. The van der Waals surface area contributed by atoms with Gasteiger partial charge in [0.25, 0.3) is 5.91 Å². The molecule has 0 spiro atoms. The van der Waals surface area contributed by atoms with E-state index in [1.807, 2.05) is 31.2 Å². The lowest BCUT2D eigenvalue weighted by Crippen LogP contribution is -2.30. The fraction of sp³-hybridized carbons (Fsp3) is 0.300. The van der Waals surface area contributed by atoms with E-state index in [1.54, 1.807) is 38.3 Å². The van der Waals surface area contributed by atoms with Crippen LogP contribution in [-0.2, 0) is 20.1 Å². The van der Waals surface area contributed by atoms with E-state index in [2.05, 4.69) is 5.32 Å². The SMILES string of the molecule is COc1ccc(NC(=O)[C@H](C)OC(=O)CSCc2ccc(C)cc2)cc1. The summed E-state index contributed by atoms with van der Waals surface area (Å²) in [6, 6.07) is 15.1. The molecule has 0 heterocycles. The number of hydrogen-bond donors (Lipinski definition) is 1. The first-order valence-electron chi connectivity index (χ1n) is 8.25. The van der Waals surface area contributed by atoms with Crippen molar-refractivity contribution < 1.29 is 19.1 Å². The molecule has 1 amide bonds. The standard InChI is InChI=1S/C20H23NO4S/c1-14-4-6-16(7-5-14)12-26-13-19(22)25-15(2)20(23)21-17-8-10-18(24-3)11-9-17/h4-11,15H,12-13H2,1-3H3,(H,21,23)/t15-/m0/s1. The van der Waals surface area contributed by atoms with Crippen LogP contribution in [0.25, 0.3) is 0 Å². The Hall–Kier alpha value is -2.47. The van der Waals surface area contributed by atoms with E-state index >= 15 is 0 Å². The predicted octanol–water partition coefficient (Wildman–Crippen LogP) is 3.81. The Kier molecular flexibility index (Phi) is 7.53. The summed E-state index contributed by atoms with van der Waals surface area (Å²) in [6.07, 6.45) is -0.857. The monoisotopic (exact) mass is 373 g/mol. The molecule has 1 atom stereocenters. The van der Waals surface area contributed by atoms with Gasteiger partial charge in [-0.2, -0.15) is 0 Å². The van der Waals surface area contributed by atoms with Crippen LogP contribution in [0.5, 0.6) is 5.75 Å². The number of methoxy groups -OCH3 is 1. The Morgan fingerprint density at radius 2 is 1.73 bits per heavy atom. The maximum atomic E-state index is 12.1. The van der Waals surface area contributed by atoms with Crippen LogP contribution in [0.15, 0.2) is 48.5 Å². The minimum Gasteiger partial charge on any atom is -0.497 e. The molecule has 0 fully saturated rings. The number of esters is 1. The Labute approximate surface area is 158 Å². The number of anilines is 1. The molecule has 2 aromatic rings. The second-order valence-corrected chi connectivity index (χ2v) is 6.81. The van der Waals surface area contributed by atoms with Gasteiger partial charge in [-0.05, 0) is 43.7 Å². The highest BCUT2D eigenvalue weighted by Crippen LogP contribution is 2.16. The molecule has 0 unspecified atom stereocenters. The molecule has 0 aliphatic heterocycles. The second kappa shape index (κ2) is 9.87. The molecule has 2 rings (SSSR count). The topological polar surface area (TPSA) is 64.6 Å². The molecule has 5 nitrogen and oxygen atoms in total. The van der Waals surface area contributed by atoms with Crippen LogP contribution in [-0.4, -0.2) is 30.8 Å². The lowest BCUT2D eigenvalue weighted by atomic mass is 10.2. The molecule has 0 aliphatic rings. The zero-order valence-corrected chi connectivity index (χ0v) is 16.0. The highest BCUT2D eigenvalue weighted by atomic mass is 32.2. The van der Waals surface area contributed by atoms with Crippen LogP contribution in [0.3, 0.4) is 0 Å². The minimum absolute atomic E-state index is 0.202. The van der Waals surface area contributed by atoms with Gasteiger partial charge in [-0.3, -0.25) is 9.59 Å². The fourth-order valence-corrected chi connectivity index (χ4v) is 2.90. The number of ether oxygens (including phenoxy) is 2. The van der Waals surface area contributed by atoms with Crippen LogP contribution in [0.4, 0.5) is 5.69 Å². The Morgan fingerprint density at radius 3 is 2.35 bits per heavy atom. The third-order valence-electron chi connectivity index (χ3n) is 3.64. The molecule has 0 aliphatic carbocycles. The van der Waals surface area contributed by atoms with Gasteiger partial charge in [-0.15, -0.1) is 11.8 Å². The highest BCUT2D eigenvalue weighted by Gasteiger charge is 2.18. The number of thioether (sulfide) groups is 1. The maximum Gasteiger partial charge on any atom is 0.316 e. The van der Waals surface area contributed by atoms with Gasteiger partial charge in [0.15, 0.2) is 6.10 Å². The number of hydrogen-bond acceptors (Lipinski definition) is 5. The predicted molar refractivity (Wildman–Crippen MR) is 105 cm³/mol. The Bertz CT molecular complexity index is 728. The van der Waals surface area contributed by atoms with Crippen molar-refractivity contribution in [3.05, 3.63) is 59.7 Å². The highest BCUT2D eigenvalue weighted by molar-refractivity contribution is 7.99. The van der Waals surface area contributed by atoms with Gasteiger partial charge in [0.1, 0.15) is 5.75 Å². The second-order valence-electron chi connectivity index (χ2n) is 5.83. The van der Waals surface area contributed by atoms with Crippen molar-refractivity contribution >= 4 is 29.3 Å². The largest absolute Gasteiger partial charge is 0.497 e. The minimum atomic E-state index is -0.857. The molecule has 26 heavy (non-hydrogen) atoms. The first-order chi connectivity index (χ1) is 12.5. The van der Waals surface area contributed by atoms with Crippen LogP contribution < -0.4 is 10.1 Å². The molecule has 0 radical (unpaired) electrons. The van der Waals surface area contributed by atoms with E-state index in [9.17, 15) is 9.59 Å². The van der Waals surface area contributed by atoms with E-state index in [4.69, 9.17) is 9.47 Å². The Balaban J connectivity index is 1.72. The van der Waals surface area contributed by atoms with Crippen molar-refractivity contribution in [3.63, 3.8) is 0 Å². The van der Waals surface area contributed by atoms with Crippen molar-refractivity contribution in [2.75, 3.05) is 18.2 Å². The van der Waals surface area contributed by atoms with Crippen molar-refractivity contribution in [1.29, 1.82) is 0 Å². The van der Waals surface area contributed by atoms with Crippen molar-refractivity contribution in [1.82, 2.24) is 0 Å². The lowest BCUT2D eigenvalue weighted by molar-refractivity contribution is -0.150. The summed E-state index contributed by atoms with van der Waals surface area (Å²) in [7, 11) is 1.58. The molecular formula is C20H23NO4S. The zero-order chi connectivity index (χ0) is 18.9. The van der Waals surface area contributed by atoms with Crippen LogP contribution in [0.2, 0.25) is 0 Å². The molecule has 0 bridgehead atoms. The van der Waals surface area contributed by atoms with Crippen molar-refractivity contribution in [3.8, 4) is 5.75 Å². The number of carbonyl (C=O) groups is 2. The number of benzene rings is 2. The molecule has 0 saturated carbocycles. The summed E-state index contributed by atoms with van der Waals surface area (Å²) in [5.74, 6) is 0.857. The summed E-state index contributed by atoms with van der Waals surface area (Å²) in [5.41, 5.74) is 2.97. The normalized spacial score (nSPS) is 11.5. The summed E-state index contributed by atoms with van der Waals surface area (Å²) in [5, 5.41) is 2.71. The molecule has 0 aromatic heterocycles. The summed E-state index contributed by atoms with van der Waals surface area (Å²) in [6.45, 7) is 3.59. The summed E-state index contributed by atoms with van der Waals surface area (Å²) >= 11 is 1.46.